The lowest BCUT2D eigenvalue weighted by Crippen LogP contribution is -2.16. The number of para-hydroxylation sites is 1. The van der Waals surface area contributed by atoms with Gasteiger partial charge in [0.25, 0.3) is 5.56 Å². The van der Waals surface area contributed by atoms with Gasteiger partial charge in [0.1, 0.15) is 5.39 Å². The van der Waals surface area contributed by atoms with Crippen LogP contribution >= 0.6 is 11.3 Å². The number of nitrogens with one attached hydrogen (secondary N) is 2. The highest BCUT2D eigenvalue weighted by Gasteiger charge is 2.15. The van der Waals surface area contributed by atoms with Gasteiger partial charge in [-0.3, -0.25) is 14.3 Å². The maximum atomic E-state index is 12.6. The van der Waals surface area contributed by atoms with E-state index in [0.29, 0.717) is 21.8 Å². The van der Waals surface area contributed by atoms with Gasteiger partial charge in [0, 0.05) is 0 Å². The summed E-state index contributed by atoms with van der Waals surface area (Å²) in [4.78, 5) is 17.6. The average Bonchev–Trinajstić information content (AvgIpc) is 2.99. The lowest BCUT2D eigenvalue weighted by atomic mass is 10.3. The number of fused-ring (bicyclic) bond motifs is 4. The molecule has 0 aliphatic carbocycles. The van der Waals surface area contributed by atoms with Gasteiger partial charge < -0.3 is 5.43 Å². The molecule has 0 aliphatic rings. The minimum absolute atomic E-state index is 0.181. The van der Waals surface area contributed by atoms with E-state index in [1.54, 1.807) is 4.40 Å². The molecule has 1 aromatic carbocycles. The summed E-state index contributed by atoms with van der Waals surface area (Å²) in [7, 11) is 0. The van der Waals surface area contributed by atoms with Crippen LogP contribution in [-0.2, 0) is 0 Å². The van der Waals surface area contributed by atoms with Gasteiger partial charge in [-0.25, -0.2) is 5.84 Å². The number of H-pyrrole nitrogens is 1. The Morgan fingerprint density at radius 1 is 1.37 bits per heavy atom. The number of hydrogen-bond acceptors (Lipinski definition) is 6. The van der Waals surface area contributed by atoms with Gasteiger partial charge in [-0.15, -0.1) is 0 Å². The Hall–Kier alpha value is -2.45. The Kier molecular flexibility index (Phi) is 1.94. The SMILES string of the molecule is NNc1[nH]nc2nc3sc4ccccc4n3c(=O)c12. The predicted octanol–water partition coefficient (Wildman–Crippen LogP) is 1.07. The van der Waals surface area contributed by atoms with Gasteiger partial charge >= 0.3 is 0 Å². The van der Waals surface area contributed by atoms with Crippen LogP contribution in [0.4, 0.5) is 5.82 Å². The first-order valence-electron chi connectivity index (χ1n) is 5.54. The fraction of sp³-hybridized carbons (Fsp3) is 0. The molecule has 4 N–H and O–H groups in total. The molecule has 0 bridgehead atoms. The van der Waals surface area contributed by atoms with E-state index in [0.717, 1.165) is 10.2 Å². The fourth-order valence-corrected chi connectivity index (χ4v) is 3.18. The van der Waals surface area contributed by atoms with Crippen LogP contribution in [0.3, 0.4) is 0 Å². The maximum Gasteiger partial charge on any atom is 0.272 e. The number of hydrogen-bond donors (Lipinski definition) is 3. The third-order valence-electron chi connectivity index (χ3n) is 3.01. The van der Waals surface area contributed by atoms with Crippen LogP contribution in [0.15, 0.2) is 29.1 Å². The van der Waals surface area contributed by atoms with Crippen molar-refractivity contribution < 1.29 is 0 Å². The van der Waals surface area contributed by atoms with Crippen LogP contribution in [0.1, 0.15) is 0 Å². The Labute approximate surface area is 109 Å². The topological polar surface area (TPSA) is 101 Å². The molecule has 0 spiro atoms. The fourth-order valence-electron chi connectivity index (χ4n) is 2.17. The average molecular weight is 272 g/mol. The van der Waals surface area contributed by atoms with Gasteiger partial charge in [-0.1, -0.05) is 23.5 Å². The number of aromatic nitrogens is 4. The Balaban J connectivity index is 2.33. The van der Waals surface area contributed by atoms with Gasteiger partial charge in [-0.05, 0) is 12.1 Å². The molecule has 0 unspecified atom stereocenters. The molecule has 0 fully saturated rings. The second-order valence-electron chi connectivity index (χ2n) is 4.05. The largest absolute Gasteiger partial charge is 0.308 e. The van der Waals surface area contributed by atoms with Crippen molar-refractivity contribution in [2.75, 3.05) is 5.43 Å². The van der Waals surface area contributed by atoms with Crippen LogP contribution in [0.25, 0.3) is 26.2 Å². The summed E-state index contributed by atoms with van der Waals surface area (Å²) in [5.74, 6) is 5.74. The molecule has 4 rings (SSSR count). The first kappa shape index (κ1) is 10.5. The number of aromatic amines is 1. The molecule has 8 heteroatoms. The van der Waals surface area contributed by atoms with Crippen molar-refractivity contribution in [3.63, 3.8) is 0 Å². The van der Waals surface area contributed by atoms with E-state index in [2.05, 4.69) is 20.6 Å². The molecule has 94 valence electrons. The summed E-state index contributed by atoms with van der Waals surface area (Å²) in [5, 5.41) is 7.01. The molecule has 0 radical (unpaired) electrons. The number of nitrogen functional groups attached to an aromatic ring is 1. The molecule has 3 aromatic heterocycles. The normalized spacial score (nSPS) is 11.6. The third kappa shape index (κ3) is 1.26. The number of nitrogens with two attached hydrogens (primary N) is 1. The molecular weight excluding hydrogens is 264 g/mol. The molecule has 0 atom stereocenters. The lowest BCUT2D eigenvalue weighted by Gasteiger charge is -1.96. The Bertz CT molecular complexity index is 981. The molecule has 7 nitrogen and oxygen atoms in total. The van der Waals surface area contributed by atoms with Crippen molar-refractivity contribution in [2.24, 2.45) is 5.84 Å². The predicted molar refractivity (Wildman–Crippen MR) is 74.3 cm³/mol. The summed E-state index contributed by atoms with van der Waals surface area (Å²) in [6.07, 6.45) is 0. The Morgan fingerprint density at radius 3 is 3.05 bits per heavy atom. The van der Waals surface area contributed by atoms with Crippen molar-refractivity contribution in [3.8, 4) is 0 Å². The standard InChI is InChI=1S/C11H8N6OS/c12-14-9-7-8(15-16-9)13-11-17(10(7)18)5-3-1-2-4-6(5)19-11/h1-4H,12H2,(H2,14,15,16). The summed E-state index contributed by atoms with van der Waals surface area (Å²) in [5.41, 5.74) is 3.45. The summed E-state index contributed by atoms with van der Waals surface area (Å²) in [6, 6.07) is 7.67. The molecule has 0 aliphatic heterocycles. The number of anilines is 1. The molecule has 4 aromatic rings. The highest BCUT2D eigenvalue weighted by Crippen LogP contribution is 2.25. The van der Waals surface area contributed by atoms with Crippen molar-refractivity contribution in [2.45, 2.75) is 0 Å². The third-order valence-corrected chi connectivity index (χ3v) is 4.03. The summed E-state index contributed by atoms with van der Waals surface area (Å²) < 4.78 is 2.59. The van der Waals surface area contributed by atoms with Crippen LogP contribution in [0, 0.1) is 0 Å². The van der Waals surface area contributed by atoms with E-state index in [9.17, 15) is 4.79 Å². The number of benzene rings is 1. The molecule has 0 saturated carbocycles. The first-order chi connectivity index (χ1) is 9.29. The number of hydrazine groups is 1. The van der Waals surface area contributed by atoms with Crippen LogP contribution in [0.2, 0.25) is 0 Å². The Morgan fingerprint density at radius 2 is 2.21 bits per heavy atom. The van der Waals surface area contributed by atoms with E-state index in [1.807, 2.05) is 24.3 Å². The van der Waals surface area contributed by atoms with Crippen LogP contribution in [-0.4, -0.2) is 19.6 Å². The molecular formula is C11H8N6OS. The monoisotopic (exact) mass is 272 g/mol. The van der Waals surface area contributed by atoms with Gasteiger partial charge in [0.05, 0.1) is 10.2 Å². The van der Waals surface area contributed by atoms with Crippen molar-refractivity contribution >= 4 is 43.4 Å². The number of thiazole rings is 1. The van der Waals surface area contributed by atoms with E-state index in [4.69, 9.17) is 5.84 Å². The second kappa shape index (κ2) is 3.53. The maximum absolute atomic E-state index is 12.6. The summed E-state index contributed by atoms with van der Waals surface area (Å²) >= 11 is 1.45. The smallest absolute Gasteiger partial charge is 0.272 e. The zero-order valence-electron chi connectivity index (χ0n) is 9.54. The molecule has 0 amide bonds. The van der Waals surface area contributed by atoms with Gasteiger partial charge in [0.15, 0.2) is 16.4 Å². The second-order valence-corrected chi connectivity index (χ2v) is 5.06. The van der Waals surface area contributed by atoms with Gasteiger partial charge in [0.2, 0.25) is 0 Å². The van der Waals surface area contributed by atoms with Crippen LogP contribution < -0.4 is 16.8 Å². The zero-order chi connectivity index (χ0) is 13.0. The van der Waals surface area contributed by atoms with E-state index < -0.39 is 0 Å². The van der Waals surface area contributed by atoms with Crippen molar-refractivity contribution in [3.05, 3.63) is 34.6 Å². The highest BCUT2D eigenvalue weighted by molar-refractivity contribution is 7.23. The minimum atomic E-state index is -0.181. The zero-order valence-corrected chi connectivity index (χ0v) is 10.4. The molecule has 3 heterocycles. The molecule has 19 heavy (non-hydrogen) atoms. The van der Waals surface area contributed by atoms with E-state index >= 15 is 0 Å². The quantitative estimate of drug-likeness (QED) is 0.355. The van der Waals surface area contributed by atoms with Crippen molar-refractivity contribution in [1.82, 2.24) is 19.6 Å². The minimum Gasteiger partial charge on any atom is -0.308 e. The lowest BCUT2D eigenvalue weighted by molar-refractivity contribution is 1.08. The van der Waals surface area contributed by atoms with Crippen molar-refractivity contribution in [1.29, 1.82) is 0 Å². The highest BCUT2D eigenvalue weighted by atomic mass is 32.1. The first-order valence-corrected chi connectivity index (χ1v) is 6.36. The van der Waals surface area contributed by atoms with E-state index in [-0.39, 0.29) is 5.56 Å². The van der Waals surface area contributed by atoms with E-state index in [1.165, 1.54) is 11.3 Å². The van der Waals surface area contributed by atoms with Gasteiger partial charge in [-0.2, -0.15) is 10.1 Å². The summed E-state index contributed by atoms with van der Waals surface area (Å²) in [6.45, 7) is 0. The van der Waals surface area contributed by atoms with Crippen LogP contribution in [0.5, 0.6) is 0 Å². The number of rotatable bonds is 1. The molecule has 0 saturated heterocycles. The number of nitrogens with zero attached hydrogens (tertiary/aromatic N) is 3.